The molecule has 23 heavy (non-hydrogen) atoms. The molecule has 1 saturated carbocycles. The smallest absolute Gasteiger partial charge is 0.138 e. The minimum atomic E-state index is 0.428. The monoisotopic (exact) mass is 319 g/mol. The molecule has 0 aromatic carbocycles. The lowest BCUT2D eigenvalue weighted by molar-refractivity contribution is -0.0727. The quantitative estimate of drug-likeness (QED) is 0.852. The summed E-state index contributed by atoms with van der Waals surface area (Å²) >= 11 is 0. The van der Waals surface area contributed by atoms with Crippen molar-refractivity contribution in [3.63, 3.8) is 0 Å². The van der Waals surface area contributed by atoms with Crippen LogP contribution in [0.5, 0.6) is 0 Å². The summed E-state index contributed by atoms with van der Waals surface area (Å²) in [5, 5.41) is 4.09. The minimum Gasteiger partial charge on any atom is -0.375 e. The van der Waals surface area contributed by atoms with E-state index in [0.717, 1.165) is 56.6 Å². The molecule has 3 aliphatic rings. The third-order valence-electron chi connectivity index (χ3n) is 5.83. The molecule has 0 unspecified atom stereocenters. The summed E-state index contributed by atoms with van der Waals surface area (Å²) in [6, 6.07) is 0.624. The second-order valence-corrected chi connectivity index (χ2v) is 7.57. The third kappa shape index (κ3) is 3.47. The lowest BCUT2D eigenvalue weighted by Crippen LogP contribution is -2.51. The Morgan fingerprint density at radius 1 is 1.09 bits per heavy atom. The second-order valence-electron chi connectivity index (χ2n) is 7.57. The molecule has 3 fully saturated rings. The summed E-state index contributed by atoms with van der Waals surface area (Å²) in [6.07, 6.45) is 5.67. The Kier molecular flexibility index (Phi) is 4.43. The number of hydrogen-bond donors (Lipinski definition) is 0. The normalized spacial score (nSPS) is 30.2. The van der Waals surface area contributed by atoms with Crippen LogP contribution in [0.15, 0.2) is 4.52 Å². The minimum absolute atomic E-state index is 0.428. The van der Waals surface area contributed by atoms with Gasteiger partial charge in [0.05, 0.1) is 18.4 Å². The van der Waals surface area contributed by atoms with Gasteiger partial charge in [-0.15, -0.1) is 0 Å². The predicted molar refractivity (Wildman–Crippen MR) is 88.3 cm³/mol. The summed E-state index contributed by atoms with van der Waals surface area (Å²) in [5.74, 6) is 1.94. The number of fused-ring (bicyclic) bond motifs is 1. The van der Waals surface area contributed by atoms with Crippen molar-refractivity contribution in [1.82, 2.24) is 15.0 Å². The Bertz CT molecular complexity index is 521. The molecule has 2 atom stereocenters. The number of nitrogens with zero attached hydrogens (tertiary/aromatic N) is 3. The summed E-state index contributed by atoms with van der Waals surface area (Å²) < 4.78 is 11.4. The van der Waals surface area contributed by atoms with Crippen molar-refractivity contribution in [2.75, 3.05) is 32.8 Å². The first-order valence-electron chi connectivity index (χ1n) is 9.20. The van der Waals surface area contributed by atoms with Gasteiger partial charge in [-0.1, -0.05) is 5.16 Å². The molecule has 0 bridgehead atoms. The number of rotatable bonds is 4. The summed E-state index contributed by atoms with van der Waals surface area (Å²) in [5.41, 5.74) is 2.31. The number of ether oxygens (including phenoxy) is 1. The molecule has 0 spiro atoms. The fraction of sp³-hybridized carbons (Fsp3) is 0.833. The van der Waals surface area contributed by atoms with Crippen LogP contribution in [-0.4, -0.2) is 59.9 Å². The number of likely N-dealkylation sites (tertiary alicyclic amines) is 1. The Morgan fingerprint density at radius 2 is 1.91 bits per heavy atom. The second kappa shape index (κ2) is 6.54. The molecule has 0 N–H and O–H groups in total. The zero-order valence-corrected chi connectivity index (χ0v) is 14.5. The molecule has 128 valence electrons. The van der Waals surface area contributed by atoms with Gasteiger partial charge in [0, 0.05) is 44.3 Å². The van der Waals surface area contributed by atoms with Crippen LogP contribution in [0.3, 0.4) is 0 Å². The van der Waals surface area contributed by atoms with Gasteiger partial charge in [0.1, 0.15) is 5.76 Å². The number of aromatic nitrogens is 1. The van der Waals surface area contributed by atoms with Crippen molar-refractivity contribution >= 4 is 0 Å². The number of morpholine rings is 1. The van der Waals surface area contributed by atoms with Crippen molar-refractivity contribution < 1.29 is 9.26 Å². The highest BCUT2D eigenvalue weighted by Gasteiger charge is 2.37. The molecule has 3 heterocycles. The highest BCUT2D eigenvalue weighted by molar-refractivity contribution is 5.20. The zero-order valence-electron chi connectivity index (χ0n) is 14.5. The van der Waals surface area contributed by atoms with Gasteiger partial charge in [-0.05, 0) is 45.4 Å². The van der Waals surface area contributed by atoms with E-state index < -0.39 is 0 Å². The molecule has 2 aliphatic heterocycles. The largest absolute Gasteiger partial charge is 0.375 e. The van der Waals surface area contributed by atoms with E-state index in [0.29, 0.717) is 12.1 Å². The van der Waals surface area contributed by atoms with Gasteiger partial charge in [0.2, 0.25) is 0 Å². The van der Waals surface area contributed by atoms with Crippen LogP contribution in [0.2, 0.25) is 0 Å². The van der Waals surface area contributed by atoms with E-state index in [-0.39, 0.29) is 0 Å². The van der Waals surface area contributed by atoms with Gasteiger partial charge in [-0.25, -0.2) is 0 Å². The first-order valence-corrected chi connectivity index (χ1v) is 9.20. The molecule has 4 rings (SSSR count). The van der Waals surface area contributed by atoms with Crippen LogP contribution in [0.4, 0.5) is 0 Å². The Labute approximate surface area is 138 Å². The molecule has 1 aliphatic carbocycles. The Morgan fingerprint density at radius 3 is 2.65 bits per heavy atom. The van der Waals surface area contributed by atoms with Gasteiger partial charge in [-0.3, -0.25) is 9.80 Å². The lowest BCUT2D eigenvalue weighted by Gasteiger charge is -2.40. The topological polar surface area (TPSA) is 41.7 Å². The Hall–Kier alpha value is -0.910. The summed E-state index contributed by atoms with van der Waals surface area (Å²) in [6.45, 7) is 10.6. The Balaban J connectivity index is 1.40. The zero-order chi connectivity index (χ0) is 15.8. The van der Waals surface area contributed by atoms with Gasteiger partial charge >= 0.3 is 0 Å². The predicted octanol–water partition coefficient (Wildman–Crippen LogP) is 2.37. The molecule has 0 amide bonds. The van der Waals surface area contributed by atoms with Crippen molar-refractivity contribution in [3.05, 3.63) is 17.0 Å². The van der Waals surface area contributed by atoms with E-state index in [1.807, 2.05) is 13.8 Å². The lowest BCUT2D eigenvalue weighted by atomic mass is 10.0. The van der Waals surface area contributed by atoms with Gasteiger partial charge in [0.25, 0.3) is 0 Å². The van der Waals surface area contributed by atoms with E-state index in [9.17, 15) is 0 Å². The molecular formula is C18H29N3O2. The van der Waals surface area contributed by atoms with Gasteiger partial charge < -0.3 is 9.26 Å². The van der Waals surface area contributed by atoms with Crippen LogP contribution in [0.1, 0.15) is 42.7 Å². The summed E-state index contributed by atoms with van der Waals surface area (Å²) in [4.78, 5) is 5.29. The standard InChI is InChI=1S/C18H29N3O2/c1-13-16(14(2)23-19-13)12-20-7-5-17-18(6-8-20)22-10-9-21(17)11-15-3-4-15/h15,17-18H,3-12H2,1-2H3/t17-,18+/m1/s1. The maximum atomic E-state index is 6.13. The summed E-state index contributed by atoms with van der Waals surface area (Å²) in [7, 11) is 0. The third-order valence-corrected chi connectivity index (χ3v) is 5.83. The molecule has 2 saturated heterocycles. The van der Waals surface area contributed by atoms with E-state index >= 15 is 0 Å². The SMILES string of the molecule is Cc1noc(C)c1CN1CC[C@@H]2OCCN(CC3CC3)[C@@H]2CC1. The van der Waals surface area contributed by atoms with Crippen LogP contribution >= 0.6 is 0 Å². The molecular weight excluding hydrogens is 290 g/mol. The van der Waals surface area contributed by atoms with Crippen molar-refractivity contribution in [2.45, 2.75) is 58.2 Å². The van der Waals surface area contributed by atoms with Gasteiger partial charge in [-0.2, -0.15) is 0 Å². The number of aryl methyl sites for hydroxylation is 2. The van der Waals surface area contributed by atoms with Crippen LogP contribution in [0, 0.1) is 19.8 Å². The van der Waals surface area contributed by atoms with E-state index in [4.69, 9.17) is 9.26 Å². The van der Waals surface area contributed by atoms with Crippen LogP contribution in [-0.2, 0) is 11.3 Å². The maximum absolute atomic E-state index is 6.13. The average molecular weight is 319 g/mol. The highest BCUT2D eigenvalue weighted by atomic mass is 16.5. The molecule has 5 nitrogen and oxygen atoms in total. The first kappa shape index (κ1) is 15.6. The highest BCUT2D eigenvalue weighted by Crippen LogP contribution is 2.33. The fourth-order valence-corrected chi connectivity index (χ4v) is 4.18. The maximum Gasteiger partial charge on any atom is 0.138 e. The molecule has 1 aromatic heterocycles. The fourth-order valence-electron chi connectivity index (χ4n) is 4.18. The molecule has 5 heteroatoms. The first-order chi connectivity index (χ1) is 11.2. The van der Waals surface area contributed by atoms with Crippen molar-refractivity contribution in [1.29, 1.82) is 0 Å². The van der Waals surface area contributed by atoms with Crippen molar-refractivity contribution in [3.8, 4) is 0 Å². The number of hydrogen-bond acceptors (Lipinski definition) is 5. The van der Waals surface area contributed by atoms with E-state index in [2.05, 4.69) is 15.0 Å². The van der Waals surface area contributed by atoms with Crippen LogP contribution in [0.25, 0.3) is 0 Å². The van der Waals surface area contributed by atoms with E-state index in [1.165, 1.54) is 31.4 Å². The average Bonchev–Trinajstić information content (AvgIpc) is 3.33. The molecule has 0 radical (unpaired) electrons. The van der Waals surface area contributed by atoms with E-state index in [1.54, 1.807) is 0 Å². The van der Waals surface area contributed by atoms with Crippen LogP contribution < -0.4 is 0 Å². The van der Waals surface area contributed by atoms with Crippen molar-refractivity contribution in [2.24, 2.45) is 5.92 Å². The molecule has 1 aromatic rings. The van der Waals surface area contributed by atoms with Gasteiger partial charge in [0.15, 0.2) is 0 Å².